The minimum atomic E-state index is -0.402. The molecule has 10 aromatic rings. The predicted molar refractivity (Wildman–Crippen MR) is 208 cm³/mol. The maximum atomic E-state index is 8.93. The lowest BCUT2D eigenvalue weighted by Crippen LogP contribution is -1.92. The Morgan fingerprint density at radius 3 is 1.57 bits per heavy atom. The third kappa shape index (κ3) is 4.26. The Morgan fingerprint density at radius 2 is 0.878 bits per heavy atom. The van der Waals surface area contributed by atoms with E-state index >= 15 is 0 Å². The van der Waals surface area contributed by atoms with Crippen LogP contribution in [0.5, 0.6) is 0 Å². The van der Waals surface area contributed by atoms with E-state index in [2.05, 4.69) is 84.9 Å². The molecular weight excluding hydrogens is 593 g/mol. The molecule has 49 heavy (non-hydrogen) atoms. The van der Waals surface area contributed by atoms with E-state index in [0.717, 1.165) is 87.6 Å². The van der Waals surface area contributed by atoms with Crippen molar-refractivity contribution in [3.05, 3.63) is 182 Å². The van der Waals surface area contributed by atoms with Crippen LogP contribution >= 0.6 is 0 Å². The molecule has 228 valence electrons. The molecule has 0 spiro atoms. The van der Waals surface area contributed by atoms with Crippen LogP contribution in [0.25, 0.3) is 98.8 Å². The van der Waals surface area contributed by atoms with Crippen molar-refractivity contribution in [3.63, 3.8) is 0 Å². The molecule has 0 aliphatic carbocycles. The van der Waals surface area contributed by atoms with E-state index in [0.29, 0.717) is 5.56 Å². The molecule has 0 amide bonds. The van der Waals surface area contributed by atoms with Gasteiger partial charge in [-0.05, 0) is 83.4 Å². The van der Waals surface area contributed by atoms with Crippen LogP contribution in [0.3, 0.4) is 0 Å². The molecule has 0 fully saturated rings. The Bertz CT molecular complexity index is 3080. The number of para-hydroxylation sites is 1. The monoisotopic (exact) mass is 627 g/mol. The van der Waals surface area contributed by atoms with Crippen molar-refractivity contribution in [2.45, 2.75) is 0 Å². The summed E-state index contributed by atoms with van der Waals surface area (Å²) in [6.45, 7) is 0. The van der Waals surface area contributed by atoms with Gasteiger partial charge in [-0.2, -0.15) is 0 Å². The summed E-state index contributed by atoms with van der Waals surface area (Å²) in [4.78, 5) is 0. The highest BCUT2D eigenvalue weighted by molar-refractivity contribution is 6.25. The summed E-state index contributed by atoms with van der Waals surface area (Å²) in [6.07, 6.45) is 0. The molecule has 1 nitrogen and oxygen atoms in total. The first kappa shape index (κ1) is 23.0. The highest BCUT2D eigenvalue weighted by Crippen LogP contribution is 2.47. The van der Waals surface area contributed by atoms with Gasteiger partial charge in [0.15, 0.2) is 0 Å². The number of rotatable bonds is 4. The maximum Gasteiger partial charge on any atom is 0.143 e. The normalized spacial score (nSPS) is 13.1. The van der Waals surface area contributed by atoms with Gasteiger partial charge in [-0.3, -0.25) is 0 Å². The highest BCUT2D eigenvalue weighted by Gasteiger charge is 2.21. The molecule has 0 bridgehead atoms. The molecule has 1 heteroatoms. The molecule has 1 heterocycles. The Labute approximate surface area is 291 Å². The second kappa shape index (κ2) is 11.1. The van der Waals surface area contributed by atoms with Gasteiger partial charge in [0.25, 0.3) is 0 Å². The first-order valence-electron chi connectivity index (χ1n) is 18.9. The Hall–Kier alpha value is -6.44. The van der Waals surface area contributed by atoms with E-state index < -0.39 is 6.04 Å². The van der Waals surface area contributed by atoms with Crippen LogP contribution in [-0.2, 0) is 0 Å². The summed E-state index contributed by atoms with van der Waals surface area (Å²) >= 11 is 0. The fourth-order valence-electron chi connectivity index (χ4n) is 7.72. The lowest BCUT2D eigenvalue weighted by Gasteiger charge is -2.19. The molecule has 0 radical (unpaired) electrons. The van der Waals surface area contributed by atoms with Gasteiger partial charge in [-0.25, -0.2) is 0 Å². The number of fused-ring (bicyclic) bond motifs is 6. The second-order valence-corrected chi connectivity index (χ2v) is 12.4. The molecule has 0 unspecified atom stereocenters. The molecule has 9 aromatic carbocycles. The summed E-state index contributed by atoms with van der Waals surface area (Å²) in [5.74, 6) is 0. The van der Waals surface area contributed by atoms with E-state index in [1.165, 1.54) is 0 Å². The third-order valence-corrected chi connectivity index (χ3v) is 9.77. The fraction of sp³-hybridized carbons (Fsp3) is 0. The number of benzene rings is 9. The van der Waals surface area contributed by atoms with Crippen LogP contribution in [0.15, 0.2) is 186 Å². The van der Waals surface area contributed by atoms with Crippen LogP contribution in [0, 0.1) is 0 Å². The molecule has 1 aromatic heterocycles. The van der Waals surface area contributed by atoms with E-state index in [4.69, 9.17) is 11.3 Å². The lowest BCUT2D eigenvalue weighted by atomic mass is 9.84. The zero-order valence-electron chi connectivity index (χ0n) is 31.3. The van der Waals surface area contributed by atoms with Crippen molar-refractivity contribution < 1.29 is 11.3 Å². The predicted octanol–water partition coefficient (Wildman–Crippen LogP) is 13.7. The standard InChI is InChI=1S/C48H30O/c1-3-15-31(16-4-1)33-29-30-42(47-43-23-11-12-28-44(43)49-48(33)47)36-26-13-25-35-34(36)24-14-27-37(35)46-40-21-9-7-19-38(40)45(32-17-5-2-6-18-32)39-20-8-10-22-41(39)46/h1-30H/i2D,5D,6D,17D,18D. The van der Waals surface area contributed by atoms with E-state index in [-0.39, 0.29) is 29.7 Å². The van der Waals surface area contributed by atoms with Gasteiger partial charge in [-0.15, -0.1) is 0 Å². The molecule has 0 saturated heterocycles. The molecule has 0 aliphatic rings. The summed E-state index contributed by atoms with van der Waals surface area (Å²) in [7, 11) is 0. The molecule has 0 N–H and O–H groups in total. The summed E-state index contributed by atoms with van der Waals surface area (Å²) in [5, 5.41) is 7.82. The summed E-state index contributed by atoms with van der Waals surface area (Å²) in [6, 6.07) is 50.4. The van der Waals surface area contributed by atoms with Crippen molar-refractivity contribution in [1.29, 1.82) is 0 Å². The average molecular weight is 628 g/mol. The Balaban J connectivity index is 1.28. The zero-order valence-corrected chi connectivity index (χ0v) is 26.3. The lowest BCUT2D eigenvalue weighted by molar-refractivity contribution is 0.670. The van der Waals surface area contributed by atoms with Crippen LogP contribution in [0.4, 0.5) is 0 Å². The van der Waals surface area contributed by atoms with Crippen LogP contribution in [0.1, 0.15) is 6.85 Å². The van der Waals surface area contributed by atoms with Crippen molar-refractivity contribution in [2.75, 3.05) is 0 Å². The molecule has 0 aliphatic heterocycles. The summed E-state index contributed by atoms with van der Waals surface area (Å²) in [5.41, 5.74) is 8.93. The molecule has 0 atom stereocenters. The second-order valence-electron chi connectivity index (χ2n) is 12.4. The van der Waals surface area contributed by atoms with Gasteiger partial charge in [0.1, 0.15) is 11.2 Å². The van der Waals surface area contributed by atoms with Crippen molar-refractivity contribution in [2.24, 2.45) is 0 Å². The quantitative estimate of drug-likeness (QED) is 0.177. The van der Waals surface area contributed by atoms with E-state index in [1.54, 1.807) is 0 Å². The van der Waals surface area contributed by atoms with Crippen molar-refractivity contribution in [3.8, 4) is 44.5 Å². The third-order valence-electron chi connectivity index (χ3n) is 9.77. The smallest absolute Gasteiger partial charge is 0.143 e. The number of hydrogen-bond donors (Lipinski definition) is 0. The van der Waals surface area contributed by atoms with Crippen molar-refractivity contribution in [1.82, 2.24) is 0 Å². The van der Waals surface area contributed by atoms with Gasteiger partial charge in [-0.1, -0.05) is 170 Å². The first-order chi connectivity index (χ1) is 26.4. The summed E-state index contributed by atoms with van der Waals surface area (Å²) < 4.78 is 49.7. The van der Waals surface area contributed by atoms with Gasteiger partial charge in [0.05, 0.1) is 6.85 Å². The molecular formula is C48H30O. The molecule has 10 rings (SSSR count). The van der Waals surface area contributed by atoms with Gasteiger partial charge in [0.2, 0.25) is 0 Å². The number of hydrogen-bond acceptors (Lipinski definition) is 1. The van der Waals surface area contributed by atoms with Gasteiger partial charge < -0.3 is 4.42 Å². The van der Waals surface area contributed by atoms with E-state index in [1.807, 2.05) is 66.7 Å². The maximum absolute atomic E-state index is 8.93. The highest BCUT2D eigenvalue weighted by atomic mass is 16.3. The minimum absolute atomic E-state index is 0.204. The minimum Gasteiger partial charge on any atom is -0.455 e. The number of furan rings is 1. The van der Waals surface area contributed by atoms with Gasteiger partial charge in [0, 0.05) is 16.3 Å². The topological polar surface area (TPSA) is 13.1 Å². The SMILES string of the molecule is [2H]c1c([2H])c([2H])c(-c2c3ccccc3c(-c3cccc4c(-c5ccc(-c6ccccc6)c6oc7ccccc7c56)cccc34)c3ccccc23)c([2H])c1[2H]. The Morgan fingerprint density at radius 1 is 0.347 bits per heavy atom. The average Bonchev–Trinajstić information content (AvgIpc) is 3.62. The fourth-order valence-corrected chi connectivity index (χ4v) is 7.72. The largest absolute Gasteiger partial charge is 0.455 e. The van der Waals surface area contributed by atoms with Crippen LogP contribution < -0.4 is 0 Å². The van der Waals surface area contributed by atoms with Crippen molar-refractivity contribution >= 4 is 54.3 Å². The van der Waals surface area contributed by atoms with Gasteiger partial charge >= 0.3 is 0 Å². The van der Waals surface area contributed by atoms with Crippen LogP contribution in [-0.4, -0.2) is 0 Å². The van der Waals surface area contributed by atoms with Crippen LogP contribution in [0.2, 0.25) is 0 Å². The van der Waals surface area contributed by atoms with E-state index in [9.17, 15) is 0 Å². The molecule has 0 saturated carbocycles. The zero-order chi connectivity index (χ0) is 36.7. The first-order valence-corrected chi connectivity index (χ1v) is 16.4. The Kier molecular flexibility index (Phi) is 5.20.